The highest BCUT2D eigenvalue weighted by Crippen LogP contribution is 2.45. The molecule has 2 heterocycles. The van der Waals surface area contributed by atoms with Crippen LogP contribution in [-0.2, 0) is 24.1 Å². The molecular formula is C26H26F3NO4. The van der Waals surface area contributed by atoms with Crippen LogP contribution in [0.4, 0.5) is 13.2 Å². The summed E-state index contributed by atoms with van der Waals surface area (Å²) in [5.41, 5.74) is 1.63. The van der Waals surface area contributed by atoms with Gasteiger partial charge in [0.15, 0.2) is 0 Å². The number of halogens is 3. The Morgan fingerprint density at radius 3 is 2.56 bits per heavy atom. The maximum atomic E-state index is 13.7. The molecule has 0 radical (unpaired) electrons. The monoisotopic (exact) mass is 473 g/mol. The lowest BCUT2D eigenvalue weighted by molar-refractivity contribution is -0.139. The molecule has 1 fully saturated rings. The third-order valence-electron chi connectivity index (χ3n) is 7.18. The lowest BCUT2D eigenvalue weighted by Gasteiger charge is -2.19. The van der Waals surface area contributed by atoms with Gasteiger partial charge in [-0.3, -0.25) is 4.79 Å². The van der Waals surface area contributed by atoms with E-state index in [1.165, 1.54) is 6.07 Å². The van der Waals surface area contributed by atoms with Gasteiger partial charge >= 0.3 is 12.1 Å². The molecule has 5 rings (SSSR count). The molecule has 1 saturated carbocycles. The average Bonchev–Trinajstić information content (AvgIpc) is 3.51. The van der Waals surface area contributed by atoms with Gasteiger partial charge in [-0.25, -0.2) is 0 Å². The van der Waals surface area contributed by atoms with Crippen molar-refractivity contribution in [1.29, 1.82) is 0 Å². The molecule has 2 aliphatic rings. The quantitative estimate of drug-likeness (QED) is 0.425. The third kappa shape index (κ3) is 4.10. The van der Waals surface area contributed by atoms with Crippen LogP contribution in [0.1, 0.15) is 72.7 Å². The molecule has 0 bridgehead atoms. The molecule has 3 aromatic rings. The second-order valence-corrected chi connectivity index (χ2v) is 9.34. The first-order chi connectivity index (χ1) is 16.2. The number of carboxylic acid groups (broad SMARTS) is 1. The number of nitrogens with zero attached hydrogens (tertiary/aromatic N) is 1. The standard InChI is InChI=1S/C26H26F3NO4/c27-26(28,29)21-11-15(5-7-19(21)16-3-1-2-4-16)14-34-18-6-8-22-20(13-18)25(33)24-17(12-23(31)32)9-10-30(22)24/h5-8,11,13,16-17,33H,1-4,9-10,12,14H2,(H,31,32). The topological polar surface area (TPSA) is 71.7 Å². The zero-order valence-corrected chi connectivity index (χ0v) is 18.6. The minimum absolute atomic E-state index is 0.0322. The highest BCUT2D eigenvalue weighted by atomic mass is 19.4. The normalized spacial score (nSPS) is 18.5. The summed E-state index contributed by atoms with van der Waals surface area (Å²) in [6.07, 6.45) is -0.314. The van der Waals surface area contributed by atoms with E-state index >= 15 is 0 Å². The van der Waals surface area contributed by atoms with E-state index in [1.54, 1.807) is 30.3 Å². The molecule has 2 aromatic carbocycles. The van der Waals surface area contributed by atoms with Crippen LogP contribution in [0.25, 0.3) is 10.9 Å². The average molecular weight is 473 g/mol. The van der Waals surface area contributed by atoms with Crippen LogP contribution in [0.3, 0.4) is 0 Å². The first kappa shape index (κ1) is 22.6. The van der Waals surface area contributed by atoms with Gasteiger partial charge in [-0.1, -0.05) is 25.0 Å². The van der Waals surface area contributed by atoms with E-state index in [1.807, 2.05) is 4.57 Å². The van der Waals surface area contributed by atoms with E-state index < -0.39 is 17.7 Å². The number of aromatic hydroxyl groups is 1. The van der Waals surface area contributed by atoms with Crippen molar-refractivity contribution in [3.8, 4) is 11.5 Å². The Morgan fingerprint density at radius 1 is 1.09 bits per heavy atom. The van der Waals surface area contributed by atoms with Gasteiger partial charge in [0.25, 0.3) is 0 Å². The zero-order chi connectivity index (χ0) is 24.0. The Morgan fingerprint density at radius 2 is 1.85 bits per heavy atom. The summed E-state index contributed by atoms with van der Waals surface area (Å²) in [5, 5.41) is 20.5. The molecule has 8 heteroatoms. The van der Waals surface area contributed by atoms with Gasteiger partial charge < -0.3 is 19.5 Å². The molecular weight excluding hydrogens is 447 g/mol. The summed E-state index contributed by atoms with van der Waals surface area (Å²) in [4.78, 5) is 11.2. The predicted molar refractivity (Wildman–Crippen MR) is 120 cm³/mol. The maximum absolute atomic E-state index is 13.7. The number of aromatic nitrogens is 1. The van der Waals surface area contributed by atoms with Crippen molar-refractivity contribution in [3.05, 3.63) is 58.8 Å². The number of benzene rings is 2. The van der Waals surface area contributed by atoms with Crippen molar-refractivity contribution >= 4 is 16.9 Å². The van der Waals surface area contributed by atoms with Crippen molar-refractivity contribution in [2.75, 3.05) is 0 Å². The number of hydrogen-bond acceptors (Lipinski definition) is 3. The first-order valence-electron chi connectivity index (χ1n) is 11.6. The van der Waals surface area contributed by atoms with Gasteiger partial charge in [0.05, 0.1) is 23.2 Å². The van der Waals surface area contributed by atoms with Crippen LogP contribution >= 0.6 is 0 Å². The molecule has 0 saturated heterocycles. The van der Waals surface area contributed by atoms with Crippen molar-refractivity contribution in [2.45, 2.75) is 69.7 Å². The van der Waals surface area contributed by atoms with Crippen LogP contribution in [0.15, 0.2) is 36.4 Å². The number of carbonyl (C=O) groups is 1. The fourth-order valence-corrected chi connectivity index (χ4v) is 5.61. The molecule has 1 aliphatic carbocycles. The van der Waals surface area contributed by atoms with Gasteiger partial charge in [0.1, 0.15) is 18.1 Å². The van der Waals surface area contributed by atoms with Gasteiger partial charge in [-0.2, -0.15) is 13.2 Å². The minimum atomic E-state index is -4.42. The second-order valence-electron chi connectivity index (χ2n) is 9.34. The van der Waals surface area contributed by atoms with Crippen molar-refractivity contribution < 1.29 is 32.9 Å². The summed E-state index contributed by atoms with van der Waals surface area (Å²) < 4.78 is 49.0. The maximum Gasteiger partial charge on any atom is 0.416 e. The lowest BCUT2D eigenvalue weighted by atomic mass is 9.91. The number of hydrogen-bond donors (Lipinski definition) is 2. The summed E-state index contributed by atoms with van der Waals surface area (Å²) >= 11 is 0. The zero-order valence-electron chi connectivity index (χ0n) is 18.6. The fraction of sp³-hybridized carbons (Fsp3) is 0.423. The Bertz CT molecular complexity index is 1240. The van der Waals surface area contributed by atoms with E-state index in [0.717, 1.165) is 31.2 Å². The Labute approximate surface area is 194 Å². The predicted octanol–water partition coefficient (Wildman–Crippen LogP) is 6.56. The molecule has 1 aliphatic heterocycles. The highest BCUT2D eigenvalue weighted by molar-refractivity contribution is 5.90. The number of ether oxygens (including phenoxy) is 1. The number of carboxylic acids is 1. The number of fused-ring (bicyclic) bond motifs is 3. The van der Waals surface area contributed by atoms with Crippen molar-refractivity contribution in [3.63, 3.8) is 0 Å². The molecule has 2 N–H and O–H groups in total. The van der Waals surface area contributed by atoms with Crippen LogP contribution < -0.4 is 4.74 Å². The molecule has 1 atom stereocenters. The van der Waals surface area contributed by atoms with E-state index in [0.29, 0.717) is 40.9 Å². The van der Waals surface area contributed by atoms with E-state index in [-0.39, 0.29) is 30.6 Å². The summed E-state index contributed by atoms with van der Waals surface area (Å²) in [5.74, 6) is -0.740. The molecule has 5 nitrogen and oxygen atoms in total. The molecule has 180 valence electrons. The van der Waals surface area contributed by atoms with E-state index in [9.17, 15) is 23.1 Å². The number of alkyl halides is 3. The number of rotatable bonds is 6. The molecule has 0 amide bonds. The van der Waals surface area contributed by atoms with Crippen molar-refractivity contribution in [1.82, 2.24) is 4.57 Å². The Balaban J connectivity index is 1.38. The largest absolute Gasteiger partial charge is 0.505 e. The Kier molecular flexibility index (Phi) is 5.70. The third-order valence-corrected chi connectivity index (χ3v) is 7.18. The minimum Gasteiger partial charge on any atom is -0.505 e. The van der Waals surface area contributed by atoms with Gasteiger partial charge in [-0.15, -0.1) is 0 Å². The van der Waals surface area contributed by atoms with Gasteiger partial charge in [0, 0.05) is 17.8 Å². The first-order valence-corrected chi connectivity index (χ1v) is 11.6. The van der Waals surface area contributed by atoms with Crippen LogP contribution in [0.5, 0.6) is 11.5 Å². The van der Waals surface area contributed by atoms with Crippen molar-refractivity contribution in [2.24, 2.45) is 0 Å². The molecule has 1 aromatic heterocycles. The van der Waals surface area contributed by atoms with Crippen LogP contribution in [0.2, 0.25) is 0 Å². The number of aryl methyl sites for hydroxylation is 1. The summed E-state index contributed by atoms with van der Waals surface area (Å²) in [6, 6.07) is 9.65. The summed E-state index contributed by atoms with van der Waals surface area (Å²) in [6.45, 7) is 0.591. The SMILES string of the molecule is O=C(O)CC1CCn2c1c(O)c1cc(OCc3ccc(C4CCCC4)c(C(F)(F)F)c3)ccc12. The fourth-order valence-electron chi connectivity index (χ4n) is 5.61. The van der Waals surface area contributed by atoms with Crippen LogP contribution in [0, 0.1) is 0 Å². The smallest absolute Gasteiger partial charge is 0.416 e. The van der Waals surface area contributed by atoms with Crippen LogP contribution in [-0.4, -0.2) is 20.7 Å². The lowest BCUT2D eigenvalue weighted by Crippen LogP contribution is -2.12. The van der Waals surface area contributed by atoms with Gasteiger partial charge in [-0.05, 0) is 60.6 Å². The van der Waals surface area contributed by atoms with E-state index in [2.05, 4.69) is 0 Å². The highest BCUT2D eigenvalue weighted by Gasteiger charge is 2.36. The Hall–Kier alpha value is -3.16. The van der Waals surface area contributed by atoms with E-state index in [4.69, 9.17) is 9.84 Å². The number of aliphatic carboxylic acids is 1. The summed E-state index contributed by atoms with van der Waals surface area (Å²) in [7, 11) is 0. The molecule has 34 heavy (non-hydrogen) atoms. The molecule has 1 unspecified atom stereocenters. The van der Waals surface area contributed by atoms with Gasteiger partial charge in [0.2, 0.25) is 0 Å². The second kappa shape index (κ2) is 8.56. The molecule has 0 spiro atoms.